The number of aromatic nitrogens is 8. The van der Waals surface area contributed by atoms with E-state index < -0.39 is 111 Å². The second-order valence-corrected chi connectivity index (χ2v) is 23.7. The summed E-state index contributed by atoms with van der Waals surface area (Å²) in [6.45, 7) is -1.02. The number of aliphatic hydroxyl groups is 1. The molecule has 4 aromatic heterocycles. The Morgan fingerprint density at radius 2 is 1.22 bits per heavy atom. The Morgan fingerprint density at radius 1 is 0.767 bits per heavy atom. The van der Waals surface area contributed by atoms with Gasteiger partial charge in [-0.1, -0.05) is 0 Å². The van der Waals surface area contributed by atoms with E-state index in [1.165, 1.54) is 28.1 Å². The van der Waals surface area contributed by atoms with Crippen molar-refractivity contribution in [1.29, 1.82) is 0 Å². The quantitative estimate of drug-likeness (QED) is 0.128. The number of imidazole rings is 2. The van der Waals surface area contributed by atoms with Gasteiger partial charge in [-0.05, 0) is 41.5 Å². The molecule has 0 saturated carbocycles. The molecule has 23 nitrogen and oxygen atoms in total. The maximum atomic E-state index is 16.9. The van der Waals surface area contributed by atoms with Gasteiger partial charge < -0.3 is 35.5 Å². The number of esters is 2. The molecular weight excluding hydrogens is 877 g/mol. The van der Waals surface area contributed by atoms with Crippen LogP contribution in [0.15, 0.2) is 25.3 Å². The molecule has 3 aliphatic rings. The highest BCUT2D eigenvalue weighted by molar-refractivity contribution is 8.55. The Kier molecular flexibility index (Phi) is 12.6. The van der Waals surface area contributed by atoms with Crippen molar-refractivity contribution in [2.24, 2.45) is 10.8 Å². The Balaban J connectivity index is 1.26. The Morgan fingerprint density at radius 3 is 1.72 bits per heavy atom. The molecule has 10 atom stereocenters. The number of ether oxygens (including phenoxy) is 4. The fourth-order valence-electron chi connectivity index (χ4n) is 6.03. The zero-order valence-corrected chi connectivity index (χ0v) is 36.3. The van der Waals surface area contributed by atoms with E-state index >= 15 is 4.39 Å². The highest BCUT2D eigenvalue weighted by Gasteiger charge is 2.55. The molecule has 328 valence electrons. The van der Waals surface area contributed by atoms with Gasteiger partial charge in [0.1, 0.15) is 66.1 Å². The van der Waals surface area contributed by atoms with E-state index in [4.69, 9.17) is 48.5 Å². The molecule has 60 heavy (non-hydrogen) atoms. The van der Waals surface area contributed by atoms with Crippen LogP contribution in [0.1, 0.15) is 54.0 Å². The van der Waals surface area contributed by atoms with Crippen LogP contribution < -0.4 is 11.5 Å². The SMILES string of the molecule is CC(C)(C)C(=O)OCSP1(=O)OC[C@H]2O[C@@H](n3cnc4c(N)ncnc43)C(OP(=O)(SCOC(=O)C(C)(C)C)OCC3O[C@@H](n4cnc5c(N)ncnc54)C(F)C3O1)C2O. The van der Waals surface area contributed by atoms with Crippen molar-refractivity contribution in [3.8, 4) is 0 Å². The number of carbonyl (C=O) groups is 2. The van der Waals surface area contributed by atoms with Gasteiger partial charge in [-0.25, -0.2) is 43.4 Å². The third kappa shape index (κ3) is 9.14. The summed E-state index contributed by atoms with van der Waals surface area (Å²) in [5.41, 5.74) is 10.7. The summed E-state index contributed by atoms with van der Waals surface area (Å²) in [6, 6.07) is 0. The number of nitrogen functional groups attached to an aromatic ring is 2. The Hall–Kier alpha value is -3.55. The van der Waals surface area contributed by atoms with Crippen LogP contribution in [0.4, 0.5) is 16.0 Å². The maximum absolute atomic E-state index is 16.9. The molecule has 5 N–H and O–H groups in total. The van der Waals surface area contributed by atoms with Crippen molar-refractivity contribution < 1.29 is 65.3 Å². The highest BCUT2D eigenvalue weighted by Crippen LogP contribution is 2.66. The molecule has 3 aliphatic heterocycles. The lowest BCUT2D eigenvalue weighted by atomic mass is 9.98. The van der Waals surface area contributed by atoms with E-state index in [1.807, 2.05) is 0 Å². The van der Waals surface area contributed by atoms with E-state index in [-0.39, 0.29) is 34.0 Å². The molecule has 0 amide bonds. The molecule has 0 aliphatic carbocycles. The number of carbonyl (C=O) groups excluding carboxylic acids is 2. The molecular formula is C32H43FN10O13P2S2. The van der Waals surface area contributed by atoms with Gasteiger partial charge in [0.15, 0.2) is 41.6 Å². The van der Waals surface area contributed by atoms with Crippen LogP contribution in [0, 0.1) is 10.8 Å². The summed E-state index contributed by atoms with van der Waals surface area (Å²) in [5.74, 6) is -2.35. The first-order valence-electron chi connectivity index (χ1n) is 18.2. The molecule has 7 heterocycles. The fourth-order valence-corrected chi connectivity index (χ4v) is 11.6. The lowest BCUT2D eigenvalue weighted by Gasteiger charge is -2.28. The molecule has 7 unspecified atom stereocenters. The van der Waals surface area contributed by atoms with E-state index in [1.54, 1.807) is 41.5 Å². The second kappa shape index (κ2) is 17.0. The van der Waals surface area contributed by atoms with Crippen LogP contribution in [0.3, 0.4) is 0 Å². The summed E-state index contributed by atoms with van der Waals surface area (Å²) >= 11 is 0.880. The molecule has 28 heteroatoms. The van der Waals surface area contributed by atoms with Crippen LogP contribution in [0.2, 0.25) is 0 Å². The van der Waals surface area contributed by atoms with Gasteiger partial charge >= 0.3 is 25.5 Å². The monoisotopic (exact) mass is 920 g/mol. The highest BCUT2D eigenvalue weighted by atomic mass is 32.7. The zero-order chi connectivity index (χ0) is 43.4. The molecule has 7 rings (SSSR count). The van der Waals surface area contributed by atoms with Crippen molar-refractivity contribution in [3.63, 3.8) is 0 Å². The third-order valence-electron chi connectivity index (χ3n) is 9.22. The zero-order valence-electron chi connectivity index (χ0n) is 32.9. The summed E-state index contributed by atoms with van der Waals surface area (Å²) in [5, 5.41) is 11.8. The van der Waals surface area contributed by atoms with Crippen LogP contribution in [0.5, 0.6) is 0 Å². The minimum atomic E-state index is -4.64. The number of fused-ring (bicyclic) bond motifs is 5. The first-order chi connectivity index (χ1) is 28.2. The van der Waals surface area contributed by atoms with Gasteiger partial charge in [0.05, 0.1) is 36.7 Å². The van der Waals surface area contributed by atoms with Crippen LogP contribution in [-0.4, -0.2) is 118 Å². The van der Waals surface area contributed by atoms with Crippen molar-refractivity contribution in [3.05, 3.63) is 25.3 Å². The normalized spacial score (nSPS) is 31.6. The molecule has 3 fully saturated rings. The number of halogens is 1. The standard InChI is InChI=1S/C32H43FN10O13P2S2/c1-31(2,3)29(45)49-13-59-57(47)51-7-15-20(44)22(28(53-15)43-12-41-19-24(35)37-10-39-26(19)43)56-58(48,60-14-50-30(46)32(4,5)6)52-8-16-21(55-57)17(33)27(54-16)42-11-40-18-23(34)36-9-38-25(18)42/h9-12,15-17,20-22,27-28,44H,7-8,13-14H2,1-6H3,(H2,34,36,38)(H2,35,37,39)/t15-,16?,17?,20?,21?,22?,27-,28-,57?,58?/m1/s1. The minimum Gasteiger partial charge on any atom is -0.454 e. The second-order valence-electron chi connectivity index (χ2n) is 15.7. The predicted octanol–water partition coefficient (Wildman–Crippen LogP) is 3.92. The van der Waals surface area contributed by atoms with Gasteiger partial charge in [0.2, 0.25) is 0 Å². The first-order valence-corrected chi connectivity index (χ1v) is 24.4. The number of hydrogen-bond donors (Lipinski definition) is 3. The Bertz CT molecular complexity index is 2350. The molecule has 0 radical (unpaired) electrons. The van der Waals surface area contributed by atoms with Gasteiger partial charge in [-0.3, -0.25) is 36.8 Å². The summed E-state index contributed by atoms with van der Waals surface area (Å²) in [6.07, 6.45) is -8.28. The smallest absolute Gasteiger partial charge is 0.392 e. The lowest BCUT2D eigenvalue weighted by Crippen LogP contribution is -2.35. The van der Waals surface area contributed by atoms with Gasteiger partial charge in [-0.15, -0.1) is 0 Å². The average molecular weight is 921 g/mol. The first kappa shape index (κ1) is 44.5. The van der Waals surface area contributed by atoms with Gasteiger partial charge in [0, 0.05) is 22.8 Å². The van der Waals surface area contributed by atoms with Crippen molar-refractivity contribution in [1.82, 2.24) is 39.0 Å². The number of nitrogens with two attached hydrogens (primary N) is 2. The van der Waals surface area contributed by atoms with Gasteiger partial charge in [-0.2, -0.15) is 0 Å². The average Bonchev–Trinajstić information content (AvgIpc) is 3.94. The third-order valence-corrected chi connectivity index (χ3v) is 15.9. The van der Waals surface area contributed by atoms with E-state index in [2.05, 4.69) is 29.9 Å². The Labute approximate surface area is 349 Å². The summed E-state index contributed by atoms with van der Waals surface area (Å²) in [4.78, 5) is 50.0. The predicted molar refractivity (Wildman–Crippen MR) is 211 cm³/mol. The van der Waals surface area contributed by atoms with Crippen LogP contribution >= 0.6 is 36.4 Å². The van der Waals surface area contributed by atoms with Gasteiger partial charge in [0.25, 0.3) is 0 Å². The minimum absolute atomic E-state index is 0.00706. The number of nitrogens with zero attached hydrogens (tertiary/aromatic N) is 8. The van der Waals surface area contributed by atoms with E-state index in [0.29, 0.717) is 22.8 Å². The number of hydrogen-bond acceptors (Lipinski definition) is 23. The van der Waals surface area contributed by atoms with E-state index in [0.717, 1.165) is 6.33 Å². The largest absolute Gasteiger partial charge is 0.454 e. The number of alkyl halides is 1. The van der Waals surface area contributed by atoms with Crippen LogP contribution in [0.25, 0.3) is 22.3 Å². The number of anilines is 2. The maximum Gasteiger partial charge on any atom is 0.392 e. The molecule has 4 aromatic rings. The molecule has 0 aromatic carbocycles. The lowest BCUT2D eigenvalue weighted by molar-refractivity contribution is -0.151. The molecule has 3 saturated heterocycles. The fraction of sp³-hybridized carbons (Fsp3) is 0.625. The molecule has 0 spiro atoms. The summed E-state index contributed by atoms with van der Waals surface area (Å²) in [7, 11) is 0. The van der Waals surface area contributed by atoms with Crippen molar-refractivity contribution in [2.75, 3.05) is 36.6 Å². The number of rotatable bonds is 8. The topological polar surface area (TPSA) is 302 Å². The molecule has 2 bridgehead atoms. The van der Waals surface area contributed by atoms with Crippen molar-refractivity contribution >= 4 is 82.3 Å². The number of aliphatic hydroxyl groups excluding tert-OH is 1. The summed E-state index contributed by atoms with van der Waals surface area (Å²) < 4.78 is 96.1. The van der Waals surface area contributed by atoms with Crippen LogP contribution in [-0.2, 0) is 55.8 Å². The van der Waals surface area contributed by atoms with E-state index in [9.17, 15) is 23.8 Å². The van der Waals surface area contributed by atoms with Crippen molar-refractivity contribution in [2.45, 2.75) is 90.7 Å².